The highest BCUT2D eigenvalue weighted by Crippen LogP contribution is 2.29. The van der Waals surface area contributed by atoms with Crippen LogP contribution in [0.15, 0.2) is 42.6 Å². The minimum absolute atomic E-state index is 0.118. The van der Waals surface area contributed by atoms with Gasteiger partial charge in [-0.1, -0.05) is 25.0 Å². The van der Waals surface area contributed by atoms with Crippen LogP contribution in [0.5, 0.6) is 0 Å². The summed E-state index contributed by atoms with van der Waals surface area (Å²) in [7, 11) is 0. The van der Waals surface area contributed by atoms with Gasteiger partial charge in [0.2, 0.25) is 5.91 Å². The number of piperidine rings is 1. The number of likely N-dealkylation sites (tertiary alicyclic amines) is 1. The first-order chi connectivity index (χ1) is 15.8. The van der Waals surface area contributed by atoms with Gasteiger partial charge in [0.05, 0.1) is 16.6 Å². The maximum atomic E-state index is 12.7. The first-order valence-electron chi connectivity index (χ1n) is 12.4. The van der Waals surface area contributed by atoms with Gasteiger partial charge in [0.1, 0.15) is 0 Å². The third-order valence-corrected chi connectivity index (χ3v) is 7.16. The van der Waals surface area contributed by atoms with E-state index in [0.717, 1.165) is 67.8 Å². The van der Waals surface area contributed by atoms with Crippen molar-refractivity contribution in [3.05, 3.63) is 42.6 Å². The van der Waals surface area contributed by atoms with E-state index in [2.05, 4.69) is 56.0 Å². The first-order valence-corrected chi connectivity index (χ1v) is 12.4. The molecule has 1 N–H and O–H groups in total. The number of benzene rings is 1. The number of carbonyl (C=O) groups is 1. The summed E-state index contributed by atoms with van der Waals surface area (Å²) in [4.78, 5) is 22.6. The van der Waals surface area contributed by atoms with Gasteiger partial charge in [0.15, 0.2) is 5.82 Å². The maximum absolute atomic E-state index is 12.7. The Balaban J connectivity index is 1.14. The molecule has 6 heteroatoms. The molecule has 0 unspecified atom stereocenters. The number of carbonyl (C=O) groups excluding carboxylic acids is 1. The molecule has 1 aromatic carbocycles. The van der Waals surface area contributed by atoms with Crippen molar-refractivity contribution >= 4 is 28.3 Å². The molecule has 32 heavy (non-hydrogen) atoms. The van der Waals surface area contributed by atoms with E-state index in [1.165, 1.54) is 38.8 Å². The molecule has 0 radical (unpaired) electrons. The number of para-hydroxylation sites is 2. The van der Waals surface area contributed by atoms with Gasteiger partial charge in [-0.15, -0.1) is 0 Å². The van der Waals surface area contributed by atoms with E-state index in [-0.39, 0.29) is 11.8 Å². The quantitative estimate of drug-likeness (QED) is 0.595. The Morgan fingerprint density at radius 1 is 0.938 bits per heavy atom. The van der Waals surface area contributed by atoms with Gasteiger partial charge in [0, 0.05) is 31.7 Å². The Bertz CT molecular complexity index is 1040. The van der Waals surface area contributed by atoms with Gasteiger partial charge >= 0.3 is 0 Å². The molecule has 5 rings (SSSR count). The molecule has 0 bridgehead atoms. The van der Waals surface area contributed by atoms with Crippen molar-refractivity contribution in [1.29, 1.82) is 0 Å². The van der Waals surface area contributed by atoms with Crippen LogP contribution >= 0.6 is 0 Å². The fourth-order valence-corrected chi connectivity index (χ4v) is 5.31. The SMILES string of the molecule is O=C(NCCCN1CCCCCC1)C1CCN(c2nc3ccccc3n3cccc23)CC1. The summed E-state index contributed by atoms with van der Waals surface area (Å²) in [6.07, 6.45) is 10.3. The van der Waals surface area contributed by atoms with E-state index < -0.39 is 0 Å². The van der Waals surface area contributed by atoms with Crippen molar-refractivity contribution in [2.75, 3.05) is 44.2 Å². The summed E-state index contributed by atoms with van der Waals surface area (Å²) in [5.41, 5.74) is 3.28. The fourth-order valence-electron chi connectivity index (χ4n) is 5.31. The smallest absolute Gasteiger partial charge is 0.223 e. The predicted molar refractivity (Wildman–Crippen MR) is 130 cm³/mol. The number of nitrogens with zero attached hydrogens (tertiary/aromatic N) is 4. The Labute approximate surface area is 190 Å². The molecule has 0 spiro atoms. The number of hydrogen-bond donors (Lipinski definition) is 1. The van der Waals surface area contributed by atoms with Crippen LogP contribution in [0.1, 0.15) is 44.9 Å². The summed E-state index contributed by atoms with van der Waals surface area (Å²) in [6.45, 7) is 6.11. The zero-order chi connectivity index (χ0) is 21.8. The summed E-state index contributed by atoms with van der Waals surface area (Å²) >= 11 is 0. The van der Waals surface area contributed by atoms with Crippen LogP contribution in [0.25, 0.3) is 16.6 Å². The van der Waals surface area contributed by atoms with Crippen molar-refractivity contribution in [2.24, 2.45) is 5.92 Å². The van der Waals surface area contributed by atoms with Gasteiger partial charge in [-0.2, -0.15) is 0 Å². The van der Waals surface area contributed by atoms with E-state index >= 15 is 0 Å². The maximum Gasteiger partial charge on any atom is 0.223 e. The minimum atomic E-state index is 0.118. The molecular weight excluding hydrogens is 398 g/mol. The lowest BCUT2D eigenvalue weighted by Crippen LogP contribution is -2.41. The minimum Gasteiger partial charge on any atom is -0.356 e. The van der Waals surface area contributed by atoms with Crippen molar-refractivity contribution < 1.29 is 4.79 Å². The zero-order valence-corrected chi connectivity index (χ0v) is 19.0. The molecule has 1 amide bonds. The van der Waals surface area contributed by atoms with Crippen LogP contribution in [0.2, 0.25) is 0 Å². The fraction of sp³-hybridized carbons (Fsp3) is 0.538. The summed E-state index contributed by atoms with van der Waals surface area (Å²) in [6, 6.07) is 12.5. The number of hydrogen-bond acceptors (Lipinski definition) is 4. The highest BCUT2D eigenvalue weighted by molar-refractivity contribution is 5.85. The lowest BCUT2D eigenvalue weighted by Gasteiger charge is -2.32. The zero-order valence-electron chi connectivity index (χ0n) is 19.0. The van der Waals surface area contributed by atoms with Gasteiger partial charge < -0.3 is 19.5 Å². The largest absolute Gasteiger partial charge is 0.356 e. The number of amides is 1. The monoisotopic (exact) mass is 433 g/mol. The molecule has 2 aliphatic rings. The molecule has 4 heterocycles. The van der Waals surface area contributed by atoms with E-state index in [0.29, 0.717) is 0 Å². The Morgan fingerprint density at radius 3 is 2.50 bits per heavy atom. The number of anilines is 1. The molecule has 3 aromatic rings. The number of rotatable bonds is 6. The topological polar surface area (TPSA) is 52.9 Å². The first kappa shape index (κ1) is 21.3. The van der Waals surface area contributed by atoms with E-state index in [1.807, 2.05) is 6.07 Å². The molecular formula is C26H35N5O. The van der Waals surface area contributed by atoms with Crippen molar-refractivity contribution in [3.63, 3.8) is 0 Å². The van der Waals surface area contributed by atoms with Crippen LogP contribution in [0, 0.1) is 5.92 Å². The second kappa shape index (κ2) is 9.90. The molecule has 2 aliphatic heterocycles. The highest BCUT2D eigenvalue weighted by Gasteiger charge is 2.26. The predicted octanol–water partition coefficient (Wildman–Crippen LogP) is 4.09. The summed E-state index contributed by atoms with van der Waals surface area (Å²) < 4.78 is 2.22. The Kier molecular flexibility index (Phi) is 6.58. The van der Waals surface area contributed by atoms with E-state index in [9.17, 15) is 4.79 Å². The van der Waals surface area contributed by atoms with Crippen LogP contribution in [-0.4, -0.2) is 59.5 Å². The molecule has 2 fully saturated rings. The summed E-state index contributed by atoms with van der Waals surface area (Å²) in [5, 5.41) is 3.21. The third kappa shape index (κ3) is 4.60. The Hall–Kier alpha value is -2.60. The number of nitrogens with one attached hydrogen (secondary N) is 1. The average molecular weight is 434 g/mol. The molecule has 6 nitrogen and oxygen atoms in total. The third-order valence-electron chi connectivity index (χ3n) is 7.16. The number of aromatic nitrogens is 2. The van der Waals surface area contributed by atoms with Crippen LogP contribution in [0.4, 0.5) is 5.82 Å². The summed E-state index contributed by atoms with van der Waals surface area (Å²) in [5.74, 6) is 1.39. The van der Waals surface area contributed by atoms with Crippen LogP contribution in [0.3, 0.4) is 0 Å². The van der Waals surface area contributed by atoms with E-state index in [4.69, 9.17) is 4.98 Å². The molecule has 2 aromatic heterocycles. The highest BCUT2D eigenvalue weighted by atomic mass is 16.1. The van der Waals surface area contributed by atoms with Gasteiger partial charge in [-0.05, 0) is 76.0 Å². The van der Waals surface area contributed by atoms with Crippen molar-refractivity contribution in [2.45, 2.75) is 44.9 Å². The van der Waals surface area contributed by atoms with Crippen molar-refractivity contribution in [1.82, 2.24) is 19.6 Å². The van der Waals surface area contributed by atoms with Gasteiger partial charge in [-0.3, -0.25) is 4.79 Å². The molecule has 0 aliphatic carbocycles. The normalized spacial score (nSPS) is 18.8. The second-order valence-corrected chi connectivity index (χ2v) is 9.35. The van der Waals surface area contributed by atoms with Crippen LogP contribution in [-0.2, 0) is 4.79 Å². The van der Waals surface area contributed by atoms with Gasteiger partial charge in [-0.25, -0.2) is 4.98 Å². The van der Waals surface area contributed by atoms with Crippen molar-refractivity contribution in [3.8, 4) is 0 Å². The molecule has 0 saturated carbocycles. The van der Waals surface area contributed by atoms with Crippen LogP contribution < -0.4 is 10.2 Å². The molecule has 0 atom stereocenters. The average Bonchev–Trinajstić information content (AvgIpc) is 3.19. The molecule has 170 valence electrons. The van der Waals surface area contributed by atoms with Gasteiger partial charge in [0.25, 0.3) is 0 Å². The molecule has 2 saturated heterocycles. The standard InChI is InChI=1S/C26H35N5O/c32-26(27-14-8-17-29-15-5-1-2-6-16-29)21-12-19-30(20-13-21)25-24-11-7-18-31(24)23-10-4-3-9-22(23)28-25/h3-4,7,9-11,18,21H,1-2,5-6,8,12-17,19-20H2,(H,27,32). The van der Waals surface area contributed by atoms with E-state index in [1.54, 1.807) is 0 Å². The lowest BCUT2D eigenvalue weighted by molar-refractivity contribution is -0.125. The number of fused-ring (bicyclic) bond motifs is 3. The Morgan fingerprint density at radius 2 is 1.69 bits per heavy atom. The lowest BCUT2D eigenvalue weighted by atomic mass is 9.96. The second-order valence-electron chi connectivity index (χ2n) is 9.35.